The molecule has 2 N–H and O–H groups in total. The van der Waals surface area contributed by atoms with Crippen LogP contribution in [0.25, 0.3) is 0 Å². The van der Waals surface area contributed by atoms with Gasteiger partial charge in [-0.1, -0.05) is 27.7 Å². The minimum atomic E-state index is 0.0521. The highest BCUT2D eigenvalue weighted by atomic mass is 32.2. The number of hydrogen-bond donors (Lipinski definition) is 1. The average molecular weight is 272 g/mol. The van der Waals surface area contributed by atoms with Crippen molar-refractivity contribution in [3.8, 4) is 0 Å². The van der Waals surface area contributed by atoms with Crippen LogP contribution in [0.2, 0.25) is 0 Å². The third-order valence-corrected chi connectivity index (χ3v) is 4.71. The molecule has 1 fully saturated rings. The Hall–Kier alpha value is -0.220. The second-order valence-electron chi connectivity index (χ2n) is 6.43. The molecule has 0 saturated carbocycles. The van der Waals surface area contributed by atoms with Gasteiger partial charge in [0.15, 0.2) is 0 Å². The summed E-state index contributed by atoms with van der Waals surface area (Å²) in [5.41, 5.74) is 6.14. The molecule has 1 aliphatic heterocycles. The zero-order valence-electron chi connectivity index (χ0n) is 12.2. The summed E-state index contributed by atoms with van der Waals surface area (Å²) >= 11 is 1.76. The molecule has 0 aromatic rings. The number of carbonyl (C=O) groups excluding carboxylic acids is 1. The molecule has 0 aliphatic carbocycles. The summed E-state index contributed by atoms with van der Waals surface area (Å²) in [6, 6.07) is 0.218. The Morgan fingerprint density at radius 2 is 2.17 bits per heavy atom. The molecular formula is C14H28N2OS. The van der Waals surface area contributed by atoms with Gasteiger partial charge in [0.05, 0.1) is 5.75 Å². The number of rotatable bonds is 5. The van der Waals surface area contributed by atoms with Crippen molar-refractivity contribution in [1.29, 1.82) is 0 Å². The Balaban J connectivity index is 2.30. The molecule has 1 saturated heterocycles. The van der Waals surface area contributed by atoms with Gasteiger partial charge in [0.25, 0.3) is 0 Å². The molecule has 1 amide bonds. The smallest absolute Gasteiger partial charge is 0.232 e. The van der Waals surface area contributed by atoms with Gasteiger partial charge in [0.2, 0.25) is 5.91 Å². The molecule has 1 rings (SSSR count). The van der Waals surface area contributed by atoms with Gasteiger partial charge >= 0.3 is 0 Å². The molecule has 1 atom stereocenters. The topological polar surface area (TPSA) is 46.3 Å². The fraction of sp³-hybridized carbons (Fsp3) is 0.929. The van der Waals surface area contributed by atoms with Gasteiger partial charge in [-0.25, -0.2) is 0 Å². The Labute approximate surface area is 116 Å². The standard InChI is InChI=1S/C14H28N2OS/c1-11(2)6-8-18-9-13(17)16-7-5-12(15)14(3,4)10-16/h11-12H,5-10,15H2,1-4H3. The summed E-state index contributed by atoms with van der Waals surface area (Å²) in [6.07, 6.45) is 2.11. The van der Waals surface area contributed by atoms with Crippen molar-refractivity contribution < 1.29 is 4.79 Å². The van der Waals surface area contributed by atoms with Crippen molar-refractivity contribution in [2.75, 3.05) is 24.6 Å². The molecule has 1 heterocycles. The van der Waals surface area contributed by atoms with Crippen LogP contribution < -0.4 is 5.73 Å². The van der Waals surface area contributed by atoms with Crippen LogP contribution in [0.4, 0.5) is 0 Å². The van der Waals surface area contributed by atoms with Crippen LogP contribution in [0.3, 0.4) is 0 Å². The highest BCUT2D eigenvalue weighted by molar-refractivity contribution is 7.99. The number of amides is 1. The molecule has 3 nitrogen and oxygen atoms in total. The number of piperidine rings is 1. The summed E-state index contributed by atoms with van der Waals surface area (Å²) in [5.74, 6) is 2.71. The lowest BCUT2D eigenvalue weighted by molar-refractivity contribution is -0.131. The molecule has 1 unspecified atom stereocenters. The van der Waals surface area contributed by atoms with E-state index in [-0.39, 0.29) is 17.4 Å². The SMILES string of the molecule is CC(C)CCSCC(=O)N1CCC(N)C(C)(C)C1. The number of thioether (sulfide) groups is 1. The van der Waals surface area contributed by atoms with E-state index >= 15 is 0 Å². The quantitative estimate of drug-likeness (QED) is 0.782. The first-order valence-corrected chi connectivity index (χ1v) is 8.09. The Kier molecular flexibility index (Phi) is 5.99. The number of nitrogens with zero attached hydrogens (tertiary/aromatic N) is 1. The van der Waals surface area contributed by atoms with Crippen LogP contribution in [0.15, 0.2) is 0 Å². The van der Waals surface area contributed by atoms with Crippen molar-refractivity contribution in [2.45, 2.75) is 46.6 Å². The Morgan fingerprint density at radius 3 is 2.72 bits per heavy atom. The Bertz CT molecular complexity index is 279. The summed E-state index contributed by atoms with van der Waals surface area (Å²) in [7, 11) is 0. The van der Waals surface area contributed by atoms with Crippen LogP contribution in [0.1, 0.15) is 40.5 Å². The predicted molar refractivity (Wildman–Crippen MR) is 79.7 cm³/mol. The Morgan fingerprint density at radius 1 is 1.50 bits per heavy atom. The van der Waals surface area contributed by atoms with E-state index in [0.717, 1.165) is 31.2 Å². The maximum absolute atomic E-state index is 12.1. The van der Waals surface area contributed by atoms with Gasteiger partial charge < -0.3 is 10.6 Å². The van der Waals surface area contributed by atoms with Crippen molar-refractivity contribution >= 4 is 17.7 Å². The van der Waals surface area contributed by atoms with Gasteiger partial charge in [-0.3, -0.25) is 4.79 Å². The van der Waals surface area contributed by atoms with Gasteiger partial charge in [-0.2, -0.15) is 11.8 Å². The van der Waals surface area contributed by atoms with E-state index in [1.807, 2.05) is 4.90 Å². The van der Waals surface area contributed by atoms with Gasteiger partial charge in [0.1, 0.15) is 0 Å². The third kappa shape index (κ3) is 4.81. The minimum absolute atomic E-state index is 0.0521. The molecule has 0 aromatic heterocycles. The highest BCUT2D eigenvalue weighted by Gasteiger charge is 2.34. The van der Waals surface area contributed by atoms with Crippen LogP contribution >= 0.6 is 11.8 Å². The summed E-state index contributed by atoms with van der Waals surface area (Å²) in [5, 5.41) is 0. The van der Waals surface area contributed by atoms with Gasteiger partial charge in [0, 0.05) is 19.1 Å². The fourth-order valence-corrected chi connectivity index (χ4v) is 3.30. The fourth-order valence-electron chi connectivity index (χ4n) is 2.16. The molecular weight excluding hydrogens is 244 g/mol. The van der Waals surface area contributed by atoms with E-state index in [1.165, 1.54) is 6.42 Å². The first-order valence-electron chi connectivity index (χ1n) is 6.94. The van der Waals surface area contributed by atoms with E-state index < -0.39 is 0 Å². The third-order valence-electron chi connectivity index (χ3n) is 3.73. The van der Waals surface area contributed by atoms with E-state index in [4.69, 9.17) is 5.73 Å². The molecule has 106 valence electrons. The first kappa shape index (κ1) is 15.8. The van der Waals surface area contributed by atoms with E-state index in [1.54, 1.807) is 11.8 Å². The van der Waals surface area contributed by atoms with E-state index in [0.29, 0.717) is 5.75 Å². The highest BCUT2D eigenvalue weighted by Crippen LogP contribution is 2.28. The summed E-state index contributed by atoms with van der Waals surface area (Å²) < 4.78 is 0. The lowest BCUT2D eigenvalue weighted by Crippen LogP contribution is -2.54. The van der Waals surface area contributed by atoms with E-state index in [9.17, 15) is 4.79 Å². The molecule has 0 aromatic carbocycles. The number of hydrogen-bond acceptors (Lipinski definition) is 3. The van der Waals surface area contributed by atoms with Gasteiger partial charge in [-0.05, 0) is 29.9 Å². The lowest BCUT2D eigenvalue weighted by atomic mass is 9.80. The molecule has 0 radical (unpaired) electrons. The summed E-state index contributed by atoms with van der Waals surface area (Å²) in [6.45, 7) is 10.4. The number of carbonyl (C=O) groups is 1. The van der Waals surface area contributed by atoms with Crippen molar-refractivity contribution in [1.82, 2.24) is 4.90 Å². The average Bonchev–Trinajstić information content (AvgIpc) is 2.27. The van der Waals surface area contributed by atoms with Crippen molar-refractivity contribution in [3.63, 3.8) is 0 Å². The molecule has 0 spiro atoms. The normalized spacial score (nSPS) is 23.4. The number of nitrogens with two attached hydrogens (primary N) is 1. The van der Waals surface area contributed by atoms with Crippen LogP contribution in [-0.2, 0) is 4.79 Å². The maximum atomic E-state index is 12.1. The molecule has 4 heteroatoms. The predicted octanol–water partition coefficient (Wildman–Crippen LogP) is 2.35. The molecule has 18 heavy (non-hydrogen) atoms. The van der Waals surface area contributed by atoms with Crippen LogP contribution in [0.5, 0.6) is 0 Å². The monoisotopic (exact) mass is 272 g/mol. The zero-order valence-corrected chi connectivity index (χ0v) is 13.1. The van der Waals surface area contributed by atoms with E-state index in [2.05, 4.69) is 27.7 Å². The minimum Gasteiger partial charge on any atom is -0.341 e. The second-order valence-corrected chi connectivity index (χ2v) is 7.54. The van der Waals surface area contributed by atoms with Gasteiger partial charge in [-0.15, -0.1) is 0 Å². The van der Waals surface area contributed by atoms with Crippen LogP contribution in [0, 0.1) is 11.3 Å². The largest absolute Gasteiger partial charge is 0.341 e. The zero-order chi connectivity index (χ0) is 13.8. The summed E-state index contributed by atoms with van der Waals surface area (Å²) in [4.78, 5) is 14.1. The molecule has 1 aliphatic rings. The maximum Gasteiger partial charge on any atom is 0.232 e. The molecule has 0 bridgehead atoms. The van der Waals surface area contributed by atoms with Crippen molar-refractivity contribution in [2.24, 2.45) is 17.1 Å². The first-order chi connectivity index (χ1) is 8.33. The van der Waals surface area contributed by atoms with Crippen LogP contribution in [-0.4, -0.2) is 41.4 Å². The second kappa shape index (κ2) is 6.80. The lowest BCUT2D eigenvalue weighted by Gasteiger charge is -2.42. The van der Waals surface area contributed by atoms with Crippen molar-refractivity contribution in [3.05, 3.63) is 0 Å². The number of likely N-dealkylation sites (tertiary alicyclic amines) is 1.